The van der Waals surface area contributed by atoms with Gasteiger partial charge in [-0.2, -0.15) is 0 Å². The maximum absolute atomic E-state index is 6.19. The van der Waals surface area contributed by atoms with Crippen LogP contribution in [0.15, 0.2) is 0 Å². The SMILES string of the molecule is CN1CCCC1CN1CCCC(Cl)CC1. The molecule has 0 aromatic heterocycles. The number of halogens is 1. The van der Waals surface area contributed by atoms with Crippen molar-refractivity contribution < 1.29 is 0 Å². The summed E-state index contributed by atoms with van der Waals surface area (Å²) in [6.07, 6.45) is 6.44. The average molecular weight is 231 g/mol. The van der Waals surface area contributed by atoms with Crippen LogP contribution in [-0.4, -0.2) is 54.4 Å². The summed E-state index contributed by atoms with van der Waals surface area (Å²) >= 11 is 6.19. The zero-order valence-corrected chi connectivity index (χ0v) is 10.5. The van der Waals surface area contributed by atoms with Crippen LogP contribution in [0.2, 0.25) is 0 Å². The topological polar surface area (TPSA) is 6.48 Å². The Labute approximate surface area is 98.6 Å². The summed E-state index contributed by atoms with van der Waals surface area (Å²) in [4.78, 5) is 5.14. The first-order valence-corrected chi connectivity index (χ1v) is 6.76. The molecule has 0 saturated carbocycles. The molecule has 0 bridgehead atoms. The van der Waals surface area contributed by atoms with E-state index >= 15 is 0 Å². The number of alkyl halides is 1. The molecular weight excluding hydrogens is 208 g/mol. The molecule has 2 atom stereocenters. The molecule has 2 saturated heterocycles. The van der Waals surface area contributed by atoms with E-state index in [-0.39, 0.29) is 0 Å². The second kappa shape index (κ2) is 5.51. The fourth-order valence-corrected chi connectivity index (χ4v) is 3.06. The lowest BCUT2D eigenvalue weighted by atomic mass is 10.2. The molecule has 0 amide bonds. The van der Waals surface area contributed by atoms with Crippen molar-refractivity contribution >= 4 is 11.6 Å². The van der Waals surface area contributed by atoms with Crippen LogP contribution in [0, 0.1) is 0 Å². The highest BCUT2D eigenvalue weighted by atomic mass is 35.5. The molecule has 15 heavy (non-hydrogen) atoms. The van der Waals surface area contributed by atoms with Crippen LogP contribution in [0.3, 0.4) is 0 Å². The van der Waals surface area contributed by atoms with Gasteiger partial charge in [0.15, 0.2) is 0 Å². The Hall–Kier alpha value is 0.210. The minimum absolute atomic E-state index is 0.427. The van der Waals surface area contributed by atoms with Crippen LogP contribution in [0.1, 0.15) is 32.1 Å². The molecule has 0 spiro atoms. The lowest BCUT2D eigenvalue weighted by Gasteiger charge is -2.27. The first kappa shape index (κ1) is 11.7. The summed E-state index contributed by atoms with van der Waals surface area (Å²) in [6, 6.07) is 0.803. The Kier molecular flexibility index (Phi) is 4.30. The average Bonchev–Trinajstić information content (AvgIpc) is 2.48. The van der Waals surface area contributed by atoms with Gasteiger partial charge in [-0.3, -0.25) is 0 Å². The molecule has 2 fully saturated rings. The van der Waals surface area contributed by atoms with Gasteiger partial charge in [0, 0.05) is 18.0 Å². The zero-order valence-electron chi connectivity index (χ0n) is 9.79. The molecule has 2 aliphatic heterocycles. The summed E-state index contributed by atoms with van der Waals surface area (Å²) in [5.41, 5.74) is 0. The Morgan fingerprint density at radius 2 is 1.87 bits per heavy atom. The van der Waals surface area contributed by atoms with E-state index in [0.29, 0.717) is 5.38 Å². The van der Waals surface area contributed by atoms with Crippen LogP contribution in [0.25, 0.3) is 0 Å². The van der Waals surface area contributed by atoms with Gasteiger partial charge in [0.1, 0.15) is 0 Å². The maximum Gasteiger partial charge on any atom is 0.0348 e. The lowest BCUT2D eigenvalue weighted by molar-refractivity contribution is 0.198. The quantitative estimate of drug-likeness (QED) is 0.671. The molecule has 2 unspecified atom stereocenters. The summed E-state index contributed by atoms with van der Waals surface area (Å²) in [5, 5.41) is 0.427. The van der Waals surface area contributed by atoms with Crippen LogP contribution in [0.5, 0.6) is 0 Å². The third kappa shape index (κ3) is 3.33. The highest BCUT2D eigenvalue weighted by molar-refractivity contribution is 6.20. The fourth-order valence-electron chi connectivity index (χ4n) is 2.81. The van der Waals surface area contributed by atoms with Gasteiger partial charge in [-0.25, -0.2) is 0 Å². The summed E-state index contributed by atoms with van der Waals surface area (Å²) in [7, 11) is 2.26. The smallest absolute Gasteiger partial charge is 0.0348 e. The molecule has 88 valence electrons. The molecular formula is C12H23ClN2. The molecule has 2 rings (SSSR count). The number of nitrogens with zero attached hydrogens (tertiary/aromatic N) is 2. The predicted molar refractivity (Wildman–Crippen MR) is 65.6 cm³/mol. The van der Waals surface area contributed by atoms with Crippen molar-refractivity contribution in [3.8, 4) is 0 Å². The number of hydrogen-bond acceptors (Lipinski definition) is 2. The van der Waals surface area contributed by atoms with Crippen molar-refractivity contribution in [3.63, 3.8) is 0 Å². The van der Waals surface area contributed by atoms with E-state index in [4.69, 9.17) is 11.6 Å². The van der Waals surface area contributed by atoms with Gasteiger partial charge in [0.2, 0.25) is 0 Å². The Morgan fingerprint density at radius 3 is 2.60 bits per heavy atom. The van der Waals surface area contributed by atoms with Gasteiger partial charge in [-0.1, -0.05) is 0 Å². The largest absolute Gasteiger partial charge is 0.302 e. The van der Waals surface area contributed by atoms with E-state index in [0.717, 1.165) is 6.04 Å². The highest BCUT2D eigenvalue weighted by Crippen LogP contribution is 2.20. The standard InChI is InChI=1S/C12H23ClN2/c1-14-7-3-5-12(14)10-15-8-2-4-11(13)6-9-15/h11-12H,2-10H2,1H3. The first-order chi connectivity index (χ1) is 7.25. The fraction of sp³-hybridized carbons (Fsp3) is 1.00. The third-order valence-electron chi connectivity index (χ3n) is 3.89. The molecule has 2 heterocycles. The van der Waals surface area contributed by atoms with Crippen molar-refractivity contribution in [2.45, 2.75) is 43.5 Å². The molecule has 2 nitrogen and oxygen atoms in total. The number of hydrogen-bond donors (Lipinski definition) is 0. The first-order valence-electron chi connectivity index (χ1n) is 6.32. The van der Waals surface area contributed by atoms with Crippen LogP contribution in [-0.2, 0) is 0 Å². The highest BCUT2D eigenvalue weighted by Gasteiger charge is 2.24. The summed E-state index contributed by atoms with van der Waals surface area (Å²) in [6.45, 7) is 5.02. The zero-order chi connectivity index (χ0) is 10.7. The van der Waals surface area contributed by atoms with E-state index in [9.17, 15) is 0 Å². The lowest BCUT2D eigenvalue weighted by Crippen LogP contribution is -2.39. The second-order valence-electron chi connectivity index (χ2n) is 5.11. The number of likely N-dealkylation sites (N-methyl/N-ethyl adjacent to an activating group) is 1. The Bertz CT molecular complexity index is 198. The predicted octanol–water partition coefficient (Wildman–Crippen LogP) is 2.17. The summed E-state index contributed by atoms with van der Waals surface area (Å²) in [5.74, 6) is 0. The van der Waals surface area contributed by atoms with Crippen LogP contribution >= 0.6 is 11.6 Å². The van der Waals surface area contributed by atoms with Crippen LogP contribution < -0.4 is 0 Å². The van der Waals surface area contributed by atoms with Gasteiger partial charge < -0.3 is 9.80 Å². The molecule has 0 radical (unpaired) electrons. The number of rotatable bonds is 2. The van der Waals surface area contributed by atoms with Crippen molar-refractivity contribution in [1.82, 2.24) is 9.80 Å². The van der Waals surface area contributed by atoms with Crippen molar-refractivity contribution in [3.05, 3.63) is 0 Å². The van der Waals surface area contributed by atoms with Gasteiger partial charge in [0.25, 0.3) is 0 Å². The Morgan fingerprint density at radius 1 is 1.07 bits per heavy atom. The molecule has 0 aromatic carbocycles. The van der Waals surface area contributed by atoms with Crippen LogP contribution in [0.4, 0.5) is 0 Å². The molecule has 0 aliphatic carbocycles. The maximum atomic E-state index is 6.19. The molecule has 3 heteroatoms. The normalized spacial score (nSPS) is 35.6. The van der Waals surface area contributed by atoms with Crippen molar-refractivity contribution in [1.29, 1.82) is 0 Å². The minimum atomic E-state index is 0.427. The van der Waals surface area contributed by atoms with Crippen molar-refractivity contribution in [2.24, 2.45) is 0 Å². The van der Waals surface area contributed by atoms with Gasteiger partial charge in [0.05, 0.1) is 0 Å². The van der Waals surface area contributed by atoms with E-state index in [1.165, 1.54) is 58.3 Å². The van der Waals surface area contributed by atoms with E-state index in [1.807, 2.05) is 0 Å². The van der Waals surface area contributed by atoms with E-state index in [1.54, 1.807) is 0 Å². The molecule has 2 aliphatic rings. The number of likely N-dealkylation sites (tertiary alicyclic amines) is 2. The van der Waals surface area contributed by atoms with Gasteiger partial charge >= 0.3 is 0 Å². The molecule has 0 N–H and O–H groups in total. The van der Waals surface area contributed by atoms with E-state index in [2.05, 4.69) is 16.8 Å². The van der Waals surface area contributed by atoms with Crippen molar-refractivity contribution in [2.75, 3.05) is 33.2 Å². The second-order valence-corrected chi connectivity index (χ2v) is 5.72. The van der Waals surface area contributed by atoms with E-state index < -0.39 is 0 Å². The van der Waals surface area contributed by atoms with Gasteiger partial charge in [-0.05, 0) is 58.8 Å². The third-order valence-corrected chi connectivity index (χ3v) is 4.33. The molecule has 0 aromatic rings. The summed E-state index contributed by atoms with van der Waals surface area (Å²) < 4.78 is 0. The minimum Gasteiger partial charge on any atom is -0.302 e. The van der Waals surface area contributed by atoms with Gasteiger partial charge in [-0.15, -0.1) is 11.6 Å². The Balaban J connectivity index is 1.78. The monoisotopic (exact) mass is 230 g/mol.